The van der Waals surface area contributed by atoms with E-state index in [1.165, 1.54) is 44.8 Å². The molecule has 0 atom stereocenters. The first-order valence-electron chi connectivity index (χ1n) is 10.5. The van der Waals surface area contributed by atoms with E-state index in [4.69, 9.17) is 4.98 Å². The third kappa shape index (κ3) is 3.50. The lowest BCUT2D eigenvalue weighted by atomic mass is 10.0. The maximum Gasteiger partial charge on any atom is 0.146 e. The molecule has 1 saturated heterocycles. The molecule has 3 aromatic rings. The van der Waals surface area contributed by atoms with Crippen molar-refractivity contribution in [2.75, 3.05) is 22.9 Å². The van der Waals surface area contributed by atoms with Gasteiger partial charge in [-0.25, -0.2) is 0 Å². The van der Waals surface area contributed by atoms with Crippen LogP contribution < -0.4 is 9.80 Å². The van der Waals surface area contributed by atoms with Gasteiger partial charge in [-0.2, -0.15) is 0 Å². The van der Waals surface area contributed by atoms with Crippen LogP contribution in [0.5, 0.6) is 0 Å². The second-order valence-corrected chi connectivity index (χ2v) is 8.51. The quantitative estimate of drug-likeness (QED) is 0.555. The number of aromatic nitrogens is 1. The summed E-state index contributed by atoms with van der Waals surface area (Å²) in [6.45, 7) is 15.2. The Morgan fingerprint density at radius 3 is 1.52 bits per heavy atom. The Bertz CT molecular complexity index is 928. The minimum Gasteiger partial charge on any atom is -0.344 e. The van der Waals surface area contributed by atoms with Crippen LogP contribution in [0.4, 0.5) is 11.4 Å². The van der Waals surface area contributed by atoms with E-state index in [0.29, 0.717) is 0 Å². The first-order chi connectivity index (χ1) is 13.9. The lowest BCUT2D eigenvalue weighted by molar-refractivity contribution is 0.688. The van der Waals surface area contributed by atoms with Gasteiger partial charge in [0.15, 0.2) is 0 Å². The molecular weight excluding hydrogens is 354 g/mol. The van der Waals surface area contributed by atoms with Crippen molar-refractivity contribution in [2.24, 2.45) is 0 Å². The summed E-state index contributed by atoms with van der Waals surface area (Å²) in [4.78, 5) is 9.88. The van der Waals surface area contributed by atoms with Crippen molar-refractivity contribution in [1.29, 1.82) is 0 Å². The smallest absolute Gasteiger partial charge is 0.146 e. The summed E-state index contributed by atoms with van der Waals surface area (Å²) in [6, 6.07) is 15.4. The van der Waals surface area contributed by atoms with Crippen molar-refractivity contribution in [1.82, 2.24) is 4.98 Å². The molecule has 2 aromatic carbocycles. The van der Waals surface area contributed by atoms with Crippen LogP contribution in [0.1, 0.15) is 45.2 Å². The number of anilines is 2. The van der Waals surface area contributed by atoms with Gasteiger partial charge >= 0.3 is 0 Å². The van der Waals surface area contributed by atoms with E-state index in [2.05, 4.69) is 87.7 Å². The molecule has 0 N–H and O–H groups in total. The second kappa shape index (κ2) is 7.55. The maximum absolute atomic E-state index is 4.78. The molecule has 1 aromatic heterocycles. The molecule has 0 bridgehead atoms. The fourth-order valence-corrected chi connectivity index (χ4v) is 5.20. The largest absolute Gasteiger partial charge is 0.344 e. The lowest BCUT2D eigenvalue weighted by Gasteiger charge is -2.35. The average Bonchev–Trinajstić information content (AvgIpc) is 3.05. The van der Waals surface area contributed by atoms with Gasteiger partial charge in [0.25, 0.3) is 0 Å². The summed E-state index contributed by atoms with van der Waals surface area (Å²) in [7, 11) is 0. The van der Waals surface area contributed by atoms with Crippen LogP contribution >= 0.6 is 0 Å². The summed E-state index contributed by atoms with van der Waals surface area (Å²) in [5.74, 6) is 0. The number of hydrogen-bond acceptors (Lipinski definition) is 3. The van der Waals surface area contributed by atoms with Crippen LogP contribution in [0.3, 0.4) is 0 Å². The van der Waals surface area contributed by atoms with Crippen LogP contribution in [0, 0.1) is 41.5 Å². The van der Waals surface area contributed by atoms with E-state index in [-0.39, 0.29) is 6.17 Å². The molecule has 150 valence electrons. The van der Waals surface area contributed by atoms with Crippen molar-refractivity contribution in [3.05, 3.63) is 87.7 Å². The molecule has 0 spiro atoms. The van der Waals surface area contributed by atoms with Crippen LogP contribution in [0.25, 0.3) is 0 Å². The van der Waals surface area contributed by atoms with Crippen LogP contribution in [0.15, 0.2) is 48.7 Å². The predicted molar refractivity (Wildman–Crippen MR) is 123 cm³/mol. The molecule has 2 heterocycles. The van der Waals surface area contributed by atoms with E-state index < -0.39 is 0 Å². The SMILES string of the molecule is Cc1cc(C)c(N2CCN(c3c(C)cc(C)cc3C)C2c2ccccn2)c(C)c1. The number of pyridine rings is 1. The number of benzene rings is 2. The van der Waals surface area contributed by atoms with Gasteiger partial charge in [0.2, 0.25) is 0 Å². The third-order valence-corrected chi connectivity index (χ3v) is 5.97. The van der Waals surface area contributed by atoms with Crippen molar-refractivity contribution in [2.45, 2.75) is 47.7 Å². The number of rotatable bonds is 3. The highest BCUT2D eigenvalue weighted by Gasteiger charge is 2.37. The molecule has 0 amide bonds. The predicted octanol–water partition coefficient (Wildman–Crippen LogP) is 5.96. The van der Waals surface area contributed by atoms with E-state index in [1.54, 1.807) is 0 Å². The van der Waals surface area contributed by atoms with Gasteiger partial charge in [-0.15, -0.1) is 0 Å². The second-order valence-electron chi connectivity index (χ2n) is 8.51. The van der Waals surface area contributed by atoms with Gasteiger partial charge in [-0.3, -0.25) is 4.98 Å². The molecule has 0 aliphatic carbocycles. The summed E-state index contributed by atoms with van der Waals surface area (Å²) >= 11 is 0. The molecule has 1 fully saturated rings. The van der Waals surface area contributed by atoms with Crippen molar-refractivity contribution < 1.29 is 0 Å². The maximum atomic E-state index is 4.78. The summed E-state index contributed by atoms with van der Waals surface area (Å²) in [5, 5.41) is 0. The molecule has 0 unspecified atom stereocenters. The zero-order chi connectivity index (χ0) is 20.7. The zero-order valence-electron chi connectivity index (χ0n) is 18.5. The van der Waals surface area contributed by atoms with Gasteiger partial charge in [-0.1, -0.05) is 41.5 Å². The molecule has 29 heavy (non-hydrogen) atoms. The highest BCUT2D eigenvalue weighted by atomic mass is 15.4. The minimum atomic E-state index is 0.0939. The summed E-state index contributed by atoms with van der Waals surface area (Å²) in [5.41, 5.74) is 11.8. The first-order valence-corrected chi connectivity index (χ1v) is 10.5. The summed E-state index contributed by atoms with van der Waals surface area (Å²) in [6.07, 6.45) is 2.00. The minimum absolute atomic E-state index is 0.0939. The summed E-state index contributed by atoms with van der Waals surface area (Å²) < 4.78 is 0. The molecule has 0 saturated carbocycles. The Hall–Kier alpha value is -2.81. The Morgan fingerprint density at radius 1 is 0.690 bits per heavy atom. The van der Waals surface area contributed by atoms with E-state index in [1.807, 2.05) is 12.3 Å². The Morgan fingerprint density at radius 2 is 1.14 bits per heavy atom. The highest BCUT2D eigenvalue weighted by molar-refractivity contribution is 5.68. The molecular formula is C26H31N3. The molecule has 0 radical (unpaired) electrons. The average molecular weight is 386 g/mol. The van der Waals surface area contributed by atoms with Crippen molar-refractivity contribution in [3.8, 4) is 0 Å². The third-order valence-electron chi connectivity index (χ3n) is 5.97. The van der Waals surface area contributed by atoms with Gasteiger partial charge in [0, 0.05) is 30.7 Å². The number of nitrogens with zero attached hydrogens (tertiary/aromatic N) is 3. The molecule has 1 aliphatic rings. The number of hydrogen-bond donors (Lipinski definition) is 0. The lowest BCUT2D eigenvalue weighted by Crippen LogP contribution is -2.33. The van der Waals surface area contributed by atoms with E-state index in [0.717, 1.165) is 18.8 Å². The van der Waals surface area contributed by atoms with Crippen LogP contribution in [-0.4, -0.2) is 18.1 Å². The van der Waals surface area contributed by atoms with Gasteiger partial charge < -0.3 is 9.80 Å². The van der Waals surface area contributed by atoms with Gasteiger partial charge in [-0.05, 0) is 75.9 Å². The topological polar surface area (TPSA) is 19.4 Å². The van der Waals surface area contributed by atoms with Crippen LogP contribution in [-0.2, 0) is 0 Å². The fraction of sp³-hybridized carbons (Fsp3) is 0.346. The molecule has 4 rings (SSSR count). The standard InChI is InChI=1S/C26H31N3/c1-17-13-19(3)24(20(4)14-17)28-11-12-29(26(28)23-9-7-8-10-27-23)25-21(5)15-18(2)16-22(25)6/h7-10,13-16,26H,11-12H2,1-6H3. The van der Waals surface area contributed by atoms with E-state index >= 15 is 0 Å². The van der Waals surface area contributed by atoms with Crippen molar-refractivity contribution in [3.63, 3.8) is 0 Å². The van der Waals surface area contributed by atoms with Gasteiger partial charge in [0.05, 0.1) is 5.69 Å². The first kappa shape index (κ1) is 19.5. The van der Waals surface area contributed by atoms with Gasteiger partial charge in [0.1, 0.15) is 6.17 Å². The monoisotopic (exact) mass is 385 g/mol. The van der Waals surface area contributed by atoms with E-state index in [9.17, 15) is 0 Å². The number of aryl methyl sites for hydroxylation is 6. The fourth-order valence-electron chi connectivity index (χ4n) is 5.20. The molecule has 3 heteroatoms. The Balaban J connectivity index is 1.88. The Kier molecular flexibility index (Phi) is 5.08. The highest BCUT2D eigenvalue weighted by Crippen LogP contribution is 2.42. The molecule has 3 nitrogen and oxygen atoms in total. The Labute approximate surface area is 175 Å². The van der Waals surface area contributed by atoms with Crippen LogP contribution in [0.2, 0.25) is 0 Å². The zero-order valence-corrected chi connectivity index (χ0v) is 18.5. The molecule has 1 aliphatic heterocycles. The normalized spacial score (nSPS) is 14.7. The van der Waals surface area contributed by atoms with Crippen molar-refractivity contribution >= 4 is 11.4 Å².